The number of hydrogen-bond donors (Lipinski definition) is 1. The van der Waals surface area contributed by atoms with Crippen LogP contribution in [0.4, 0.5) is 4.39 Å². The average Bonchev–Trinajstić information content (AvgIpc) is 3.60. The molecule has 1 saturated heterocycles. The van der Waals surface area contributed by atoms with Crippen LogP contribution < -0.4 is 0 Å². The molecule has 1 atom stereocenters. The standard InChI is InChI=1S/C32H30FN5OS/c1-37-16-13-21(14-17-37)20-9-11-22(12-10-20)31-36-27-15-18-38(32(39)29(27)40-31)28(23-5-4-6-24(33)19-23)30-34-25-7-2-3-8-26(25)35-30/h2-12,19,21,28H,13-18H2,1H3,(H,34,35). The van der Waals surface area contributed by atoms with E-state index >= 15 is 0 Å². The van der Waals surface area contributed by atoms with Crippen molar-refractivity contribution in [3.63, 3.8) is 0 Å². The Bertz CT molecular complexity index is 1650. The summed E-state index contributed by atoms with van der Waals surface area (Å²) in [5, 5.41) is 0.862. The maximum Gasteiger partial charge on any atom is 0.266 e. The number of imidazole rings is 1. The molecule has 6 nitrogen and oxygen atoms in total. The number of nitrogens with zero attached hydrogens (tertiary/aromatic N) is 4. The monoisotopic (exact) mass is 551 g/mol. The molecular formula is C32H30FN5OS. The molecule has 0 saturated carbocycles. The minimum absolute atomic E-state index is 0.0948. The summed E-state index contributed by atoms with van der Waals surface area (Å²) < 4.78 is 14.4. The second kappa shape index (κ2) is 10.3. The Balaban J connectivity index is 1.20. The lowest BCUT2D eigenvalue weighted by Gasteiger charge is -2.33. The van der Waals surface area contributed by atoms with Gasteiger partial charge in [0.15, 0.2) is 0 Å². The lowest BCUT2D eigenvalue weighted by molar-refractivity contribution is 0.0687. The zero-order valence-corrected chi connectivity index (χ0v) is 23.1. The van der Waals surface area contributed by atoms with Gasteiger partial charge < -0.3 is 14.8 Å². The van der Waals surface area contributed by atoms with Gasteiger partial charge in [-0.15, -0.1) is 11.3 Å². The number of H-pyrrole nitrogens is 1. The van der Waals surface area contributed by atoms with E-state index in [1.54, 1.807) is 11.0 Å². The van der Waals surface area contributed by atoms with Crippen LogP contribution in [0.5, 0.6) is 0 Å². The molecular weight excluding hydrogens is 521 g/mol. The number of benzene rings is 3. The third-order valence-corrected chi connectivity index (χ3v) is 9.37. The van der Waals surface area contributed by atoms with Crippen molar-refractivity contribution in [2.45, 2.75) is 31.2 Å². The number of carbonyl (C=O) groups excluding carboxylic acids is 1. The molecule has 1 amide bonds. The number of rotatable bonds is 5. The summed E-state index contributed by atoms with van der Waals surface area (Å²) in [4.78, 5) is 31.9. The Morgan fingerprint density at radius 2 is 1.77 bits per heavy atom. The molecule has 0 radical (unpaired) electrons. The molecule has 40 heavy (non-hydrogen) atoms. The number of carbonyl (C=O) groups is 1. The zero-order chi connectivity index (χ0) is 27.2. The van der Waals surface area contributed by atoms with Gasteiger partial charge >= 0.3 is 0 Å². The minimum atomic E-state index is -0.539. The summed E-state index contributed by atoms with van der Waals surface area (Å²) in [6.07, 6.45) is 3.00. The van der Waals surface area contributed by atoms with E-state index in [-0.39, 0.29) is 11.7 Å². The zero-order valence-electron chi connectivity index (χ0n) is 22.3. The number of aromatic amines is 1. The fraction of sp³-hybridized carbons (Fsp3) is 0.281. The van der Waals surface area contributed by atoms with Gasteiger partial charge in [-0.05, 0) is 74.3 Å². The van der Waals surface area contributed by atoms with Gasteiger partial charge in [0.25, 0.3) is 5.91 Å². The number of aromatic nitrogens is 3. The number of amides is 1. The van der Waals surface area contributed by atoms with Gasteiger partial charge in [-0.1, -0.05) is 48.5 Å². The number of piperidine rings is 1. The van der Waals surface area contributed by atoms with Crippen LogP contribution in [0.15, 0.2) is 72.8 Å². The van der Waals surface area contributed by atoms with E-state index in [9.17, 15) is 9.18 Å². The van der Waals surface area contributed by atoms with Gasteiger partial charge in [0.2, 0.25) is 0 Å². The van der Waals surface area contributed by atoms with E-state index in [4.69, 9.17) is 9.97 Å². The highest BCUT2D eigenvalue weighted by Crippen LogP contribution is 2.38. The highest BCUT2D eigenvalue weighted by Gasteiger charge is 2.36. The van der Waals surface area contributed by atoms with Crippen molar-refractivity contribution in [2.75, 3.05) is 26.7 Å². The Labute approximate surface area is 236 Å². The lowest BCUT2D eigenvalue weighted by Crippen LogP contribution is -2.40. The molecule has 0 spiro atoms. The third kappa shape index (κ3) is 4.61. The first-order valence-corrected chi connectivity index (χ1v) is 14.6. The smallest absolute Gasteiger partial charge is 0.266 e. The molecule has 1 N–H and O–H groups in total. The third-order valence-electron chi connectivity index (χ3n) is 8.23. The molecule has 1 unspecified atom stereocenters. The molecule has 4 heterocycles. The Hall–Kier alpha value is -3.88. The van der Waals surface area contributed by atoms with Gasteiger partial charge in [0.1, 0.15) is 27.6 Å². The van der Waals surface area contributed by atoms with Gasteiger partial charge in [-0.3, -0.25) is 4.79 Å². The highest BCUT2D eigenvalue weighted by atomic mass is 32.1. The van der Waals surface area contributed by atoms with Crippen molar-refractivity contribution < 1.29 is 9.18 Å². The maximum absolute atomic E-state index is 14.4. The fourth-order valence-electron chi connectivity index (χ4n) is 6.02. The van der Waals surface area contributed by atoms with Crippen LogP contribution in [0.3, 0.4) is 0 Å². The topological polar surface area (TPSA) is 65.1 Å². The van der Waals surface area contributed by atoms with E-state index in [1.165, 1.54) is 41.9 Å². The predicted octanol–water partition coefficient (Wildman–Crippen LogP) is 6.42. The van der Waals surface area contributed by atoms with Crippen LogP contribution in [-0.2, 0) is 6.42 Å². The Kier molecular flexibility index (Phi) is 6.44. The predicted molar refractivity (Wildman–Crippen MR) is 156 cm³/mol. The van der Waals surface area contributed by atoms with E-state index in [0.29, 0.717) is 35.1 Å². The van der Waals surface area contributed by atoms with Crippen molar-refractivity contribution in [1.29, 1.82) is 0 Å². The van der Waals surface area contributed by atoms with Gasteiger partial charge in [-0.2, -0.15) is 0 Å². The number of likely N-dealkylation sites (tertiary alicyclic amines) is 1. The number of thiazole rings is 1. The Morgan fingerprint density at radius 1 is 0.975 bits per heavy atom. The molecule has 2 aliphatic rings. The van der Waals surface area contributed by atoms with Crippen molar-refractivity contribution >= 4 is 28.3 Å². The maximum atomic E-state index is 14.4. The highest BCUT2D eigenvalue weighted by molar-refractivity contribution is 7.17. The van der Waals surface area contributed by atoms with E-state index in [2.05, 4.69) is 41.2 Å². The molecule has 3 aromatic carbocycles. The molecule has 5 aromatic rings. The van der Waals surface area contributed by atoms with E-state index < -0.39 is 6.04 Å². The normalized spacial score (nSPS) is 17.4. The number of fused-ring (bicyclic) bond motifs is 2. The van der Waals surface area contributed by atoms with Gasteiger partial charge in [0, 0.05) is 18.5 Å². The molecule has 2 aromatic heterocycles. The first-order chi connectivity index (χ1) is 19.5. The van der Waals surface area contributed by atoms with Gasteiger partial charge in [0.05, 0.1) is 16.7 Å². The number of hydrogen-bond acceptors (Lipinski definition) is 5. The number of para-hydroxylation sites is 2. The van der Waals surface area contributed by atoms with Crippen LogP contribution in [0.25, 0.3) is 21.6 Å². The molecule has 8 heteroatoms. The molecule has 0 aliphatic carbocycles. The first-order valence-electron chi connectivity index (χ1n) is 13.8. The largest absolute Gasteiger partial charge is 0.340 e. The SMILES string of the molecule is CN1CCC(c2ccc(-c3nc4c(s3)C(=O)N(C(c3cccc(F)c3)c3nc5ccccc5[nH]3)CC4)cc2)CC1. The molecule has 2 aliphatic heterocycles. The van der Waals surface area contributed by atoms with Crippen LogP contribution in [0.1, 0.15) is 57.1 Å². The number of nitrogens with one attached hydrogen (secondary N) is 1. The van der Waals surface area contributed by atoms with E-state index in [1.807, 2.05) is 30.3 Å². The summed E-state index contributed by atoms with van der Waals surface area (Å²) in [6, 6.07) is 22.4. The molecule has 1 fully saturated rings. The van der Waals surface area contributed by atoms with Gasteiger partial charge in [-0.25, -0.2) is 14.4 Å². The second-order valence-electron chi connectivity index (χ2n) is 10.8. The van der Waals surface area contributed by atoms with Crippen LogP contribution in [-0.4, -0.2) is 57.3 Å². The van der Waals surface area contributed by atoms with Crippen molar-refractivity contribution in [2.24, 2.45) is 0 Å². The summed E-state index contributed by atoms with van der Waals surface area (Å²) in [6.45, 7) is 2.74. The second-order valence-corrected chi connectivity index (χ2v) is 11.8. The number of halogens is 1. The summed E-state index contributed by atoms with van der Waals surface area (Å²) in [5.41, 5.74) is 5.63. The summed E-state index contributed by atoms with van der Waals surface area (Å²) >= 11 is 1.44. The van der Waals surface area contributed by atoms with Crippen molar-refractivity contribution in [3.8, 4) is 10.6 Å². The average molecular weight is 552 g/mol. The van der Waals surface area contributed by atoms with Crippen LogP contribution >= 0.6 is 11.3 Å². The molecule has 0 bridgehead atoms. The van der Waals surface area contributed by atoms with Crippen molar-refractivity contribution in [1.82, 2.24) is 24.8 Å². The van der Waals surface area contributed by atoms with E-state index in [0.717, 1.165) is 40.4 Å². The molecule has 7 rings (SSSR count). The summed E-state index contributed by atoms with van der Waals surface area (Å²) in [7, 11) is 2.18. The van der Waals surface area contributed by atoms with Crippen LogP contribution in [0.2, 0.25) is 0 Å². The summed E-state index contributed by atoms with van der Waals surface area (Å²) in [5.74, 6) is 0.788. The quantitative estimate of drug-likeness (QED) is 0.274. The lowest BCUT2D eigenvalue weighted by atomic mass is 9.89. The minimum Gasteiger partial charge on any atom is -0.340 e. The Morgan fingerprint density at radius 3 is 2.55 bits per heavy atom. The first kappa shape index (κ1) is 25.1. The van der Waals surface area contributed by atoms with Crippen molar-refractivity contribution in [3.05, 3.63) is 106 Å². The van der Waals surface area contributed by atoms with Crippen LogP contribution in [0, 0.1) is 5.82 Å². The molecule has 202 valence electrons. The fourth-order valence-corrected chi connectivity index (χ4v) is 7.09.